The summed E-state index contributed by atoms with van der Waals surface area (Å²) in [6, 6.07) is 10.5. The second kappa shape index (κ2) is 7.25. The van der Waals surface area contributed by atoms with Gasteiger partial charge in [-0.05, 0) is 36.6 Å². The third-order valence-corrected chi connectivity index (χ3v) is 3.24. The summed E-state index contributed by atoms with van der Waals surface area (Å²) in [5.41, 5.74) is 2.38. The Morgan fingerprint density at radius 3 is 2.75 bits per heavy atom. The Balaban J connectivity index is 2.26. The van der Waals surface area contributed by atoms with Crippen molar-refractivity contribution in [3.05, 3.63) is 35.9 Å². The van der Waals surface area contributed by atoms with Crippen LogP contribution in [0.3, 0.4) is 0 Å². The molecule has 0 spiro atoms. The number of nitrogens with zero attached hydrogens (tertiary/aromatic N) is 1. The molecule has 0 saturated heterocycles. The Morgan fingerprint density at radius 1 is 1.20 bits per heavy atom. The first-order chi connectivity index (χ1) is 9.70. The number of anilines is 1. The summed E-state index contributed by atoms with van der Waals surface area (Å²) in [5.74, 6) is 1.59. The predicted octanol–water partition coefficient (Wildman–Crippen LogP) is 3.80. The molecule has 0 radical (unpaired) electrons. The molecule has 0 fully saturated rings. The second-order valence-corrected chi connectivity index (χ2v) is 5.64. The van der Waals surface area contributed by atoms with E-state index in [9.17, 15) is 0 Å². The monoisotopic (exact) mass is 271 g/mol. The summed E-state index contributed by atoms with van der Waals surface area (Å²) >= 11 is 0. The van der Waals surface area contributed by atoms with Crippen LogP contribution in [-0.4, -0.2) is 18.1 Å². The third-order valence-electron chi connectivity index (χ3n) is 3.24. The van der Waals surface area contributed by atoms with Gasteiger partial charge in [-0.2, -0.15) is 0 Å². The van der Waals surface area contributed by atoms with Crippen LogP contribution >= 0.6 is 0 Å². The molecule has 2 N–H and O–H groups in total. The number of nitrogens with one attached hydrogen (secondary N) is 2. The van der Waals surface area contributed by atoms with Crippen molar-refractivity contribution in [2.45, 2.75) is 33.7 Å². The minimum atomic E-state index is 0.616. The first-order valence-corrected chi connectivity index (χ1v) is 7.54. The first kappa shape index (κ1) is 14.8. The molecule has 2 rings (SSSR count). The summed E-state index contributed by atoms with van der Waals surface area (Å²) in [5, 5.41) is 8.15. The van der Waals surface area contributed by atoms with Crippen molar-refractivity contribution in [2.24, 2.45) is 5.92 Å². The van der Waals surface area contributed by atoms with E-state index in [2.05, 4.69) is 55.7 Å². The molecule has 3 nitrogen and oxygen atoms in total. The van der Waals surface area contributed by atoms with Crippen molar-refractivity contribution in [1.82, 2.24) is 10.3 Å². The van der Waals surface area contributed by atoms with Crippen LogP contribution in [0.1, 0.15) is 32.8 Å². The normalized spacial score (nSPS) is 11.2. The van der Waals surface area contributed by atoms with Gasteiger partial charge in [0.1, 0.15) is 5.82 Å². The van der Waals surface area contributed by atoms with Crippen molar-refractivity contribution in [3.8, 4) is 0 Å². The van der Waals surface area contributed by atoms with E-state index in [1.54, 1.807) is 0 Å². The van der Waals surface area contributed by atoms with Crippen LogP contribution in [0.25, 0.3) is 10.9 Å². The van der Waals surface area contributed by atoms with Gasteiger partial charge >= 0.3 is 0 Å². The molecule has 0 atom stereocenters. The lowest BCUT2D eigenvalue weighted by atomic mass is 10.1. The lowest BCUT2D eigenvalue weighted by molar-refractivity contribution is 0.676. The highest BCUT2D eigenvalue weighted by molar-refractivity contribution is 5.84. The van der Waals surface area contributed by atoms with Crippen molar-refractivity contribution in [3.63, 3.8) is 0 Å². The molecule has 1 aromatic carbocycles. The Kier molecular flexibility index (Phi) is 5.36. The van der Waals surface area contributed by atoms with Gasteiger partial charge in [-0.1, -0.05) is 39.0 Å². The first-order valence-electron chi connectivity index (χ1n) is 7.54. The molecular formula is C17H25N3. The van der Waals surface area contributed by atoms with E-state index < -0.39 is 0 Å². The van der Waals surface area contributed by atoms with Crippen LogP contribution < -0.4 is 10.6 Å². The fraction of sp³-hybridized carbons (Fsp3) is 0.471. The van der Waals surface area contributed by atoms with Gasteiger partial charge in [0.25, 0.3) is 0 Å². The number of aromatic nitrogens is 1. The Bertz CT molecular complexity index is 549. The maximum absolute atomic E-state index is 4.70. The topological polar surface area (TPSA) is 37.0 Å². The van der Waals surface area contributed by atoms with E-state index in [-0.39, 0.29) is 0 Å². The Labute approximate surface area is 121 Å². The standard InChI is InChI=1S/C17H25N3/c1-4-9-18-12-14-10-17(19-11-13(2)3)20-16-8-6-5-7-15(14)16/h5-8,10,13,18H,4,9,11-12H2,1-3H3,(H,19,20). The quantitative estimate of drug-likeness (QED) is 0.752. The number of benzene rings is 1. The van der Waals surface area contributed by atoms with E-state index >= 15 is 0 Å². The highest BCUT2D eigenvalue weighted by Gasteiger charge is 2.05. The SMILES string of the molecule is CCCNCc1cc(NCC(C)C)nc2ccccc12. The largest absolute Gasteiger partial charge is 0.370 e. The zero-order valence-corrected chi connectivity index (χ0v) is 12.7. The fourth-order valence-electron chi connectivity index (χ4n) is 2.19. The molecule has 1 heterocycles. The van der Waals surface area contributed by atoms with Gasteiger partial charge in [0.05, 0.1) is 5.52 Å². The lowest BCUT2D eigenvalue weighted by Crippen LogP contribution is -2.15. The van der Waals surface area contributed by atoms with Gasteiger partial charge < -0.3 is 10.6 Å². The maximum Gasteiger partial charge on any atom is 0.126 e. The molecule has 1 aromatic heterocycles. The van der Waals surface area contributed by atoms with Gasteiger partial charge in [0.2, 0.25) is 0 Å². The Morgan fingerprint density at radius 2 is 2.00 bits per heavy atom. The summed E-state index contributed by atoms with van der Waals surface area (Å²) in [7, 11) is 0. The number of pyridine rings is 1. The molecule has 108 valence electrons. The van der Waals surface area contributed by atoms with Crippen molar-refractivity contribution in [1.29, 1.82) is 0 Å². The molecule has 20 heavy (non-hydrogen) atoms. The summed E-state index contributed by atoms with van der Waals surface area (Å²) in [4.78, 5) is 4.70. The minimum Gasteiger partial charge on any atom is -0.370 e. The average Bonchev–Trinajstić information content (AvgIpc) is 2.45. The molecule has 0 aliphatic rings. The molecular weight excluding hydrogens is 246 g/mol. The lowest BCUT2D eigenvalue weighted by Gasteiger charge is -2.13. The zero-order valence-electron chi connectivity index (χ0n) is 12.7. The molecule has 0 aliphatic carbocycles. The van der Waals surface area contributed by atoms with Gasteiger partial charge in [-0.3, -0.25) is 0 Å². The van der Waals surface area contributed by atoms with Crippen LogP contribution in [0, 0.1) is 5.92 Å². The van der Waals surface area contributed by atoms with E-state index in [0.29, 0.717) is 5.92 Å². The minimum absolute atomic E-state index is 0.616. The highest BCUT2D eigenvalue weighted by Crippen LogP contribution is 2.21. The van der Waals surface area contributed by atoms with Gasteiger partial charge in [0.15, 0.2) is 0 Å². The molecule has 3 heteroatoms. The number of rotatable bonds is 7. The zero-order chi connectivity index (χ0) is 14.4. The summed E-state index contributed by atoms with van der Waals surface area (Å²) in [6.45, 7) is 9.49. The summed E-state index contributed by atoms with van der Waals surface area (Å²) < 4.78 is 0. The Hall–Kier alpha value is -1.61. The third kappa shape index (κ3) is 3.94. The molecule has 0 amide bonds. The molecule has 0 unspecified atom stereocenters. The molecule has 0 bridgehead atoms. The van der Waals surface area contributed by atoms with Gasteiger partial charge in [0, 0.05) is 18.5 Å². The van der Waals surface area contributed by atoms with E-state index in [0.717, 1.165) is 37.4 Å². The van der Waals surface area contributed by atoms with Gasteiger partial charge in [-0.15, -0.1) is 0 Å². The van der Waals surface area contributed by atoms with Crippen molar-refractivity contribution < 1.29 is 0 Å². The molecule has 2 aromatic rings. The molecule has 0 aliphatic heterocycles. The smallest absolute Gasteiger partial charge is 0.126 e. The van der Waals surface area contributed by atoms with Crippen molar-refractivity contribution in [2.75, 3.05) is 18.4 Å². The number of para-hydroxylation sites is 1. The van der Waals surface area contributed by atoms with Crippen LogP contribution in [0.15, 0.2) is 30.3 Å². The van der Waals surface area contributed by atoms with E-state index in [1.165, 1.54) is 10.9 Å². The van der Waals surface area contributed by atoms with E-state index in [1.807, 2.05) is 6.07 Å². The average molecular weight is 271 g/mol. The number of fused-ring (bicyclic) bond motifs is 1. The summed E-state index contributed by atoms with van der Waals surface area (Å²) in [6.07, 6.45) is 1.15. The van der Waals surface area contributed by atoms with Crippen LogP contribution in [0.4, 0.5) is 5.82 Å². The second-order valence-electron chi connectivity index (χ2n) is 5.64. The van der Waals surface area contributed by atoms with Gasteiger partial charge in [-0.25, -0.2) is 4.98 Å². The number of hydrogen-bond donors (Lipinski definition) is 2. The number of hydrogen-bond acceptors (Lipinski definition) is 3. The highest BCUT2D eigenvalue weighted by atomic mass is 15.0. The van der Waals surface area contributed by atoms with Crippen molar-refractivity contribution >= 4 is 16.7 Å². The molecule has 0 saturated carbocycles. The van der Waals surface area contributed by atoms with Crippen LogP contribution in [0.5, 0.6) is 0 Å². The predicted molar refractivity (Wildman–Crippen MR) is 87.1 cm³/mol. The maximum atomic E-state index is 4.70. The fourth-order valence-corrected chi connectivity index (χ4v) is 2.19. The van der Waals surface area contributed by atoms with E-state index in [4.69, 9.17) is 4.98 Å². The van der Waals surface area contributed by atoms with Crippen LogP contribution in [-0.2, 0) is 6.54 Å². The van der Waals surface area contributed by atoms with Crippen LogP contribution in [0.2, 0.25) is 0 Å².